The number of nitrogens with zero attached hydrogens (tertiary/aromatic N) is 1. The summed E-state index contributed by atoms with van der Waals surface area (Å²) in [5.41, 5.74) is 5.47. The standard InChI is InChI=1S/C11H20N2O2S2/c1-9(2)13(8-11-5-4-6-16-11)17(14,15)10(3)7-12/h4-6,9-10H,7-8,12H2,1-3H3. The molecule has 0 amide bonds. The van der Waals surface area contributed by atoms with Gasteiger partial charge in [0.05, 0.1) is 5.25 Å². The third-order valence-electron chi connectivity index (χ3n) is 2.64. The van der Waals surface area contributed by atoms with Crippen molar-refractivity contribution in [3.8, 4) is 0 Å². The van der Waals surface area contributed by atoms with E-state index >= 15 is 0 Å². The lowest BCUT2D eigenvalue weighted by atomic mass is 10.4. The minimum atomic E-state index is -3.31. The van der Waals surface area contributed by atoms with Gasteiger partial charge in [-0.3, -0.25) is 0 Å². The Morgan fingerprint density at radius 2 is 2.06 bits per heavy atom. The van der Waals surface area contributed by atoms with Gasteiger partial charge in [0.25, 0.3) is 0 Å². The van der Waals surface area contributed by atoms with Crippen LogP contribution in [0, 0.1) is 0 Å². The molecule has 1 unspecified atom stereocenters. The smallest absolute Gasteiger partial charge is 0.218 e. The van der Waals surface area contributed by atoms with Gasteiger partial charge in [-0.1, -0.05) is 6.07 Å². The summed E-state index contributed by atoms with van der Waals surface area (Å²) < 4.78 is 26.1. The van der Waals surface area contributed by atoms with Gasteiger partial charge < -0.3 is 5.73 Å². The summed E-state index contributed by atoms with van der Waals surface area (Å²) in [6.07, 6.45) is 0. The minimum absolute atomic E-state index is 0.0592. The van der Waals surface area contributed by atoms with E-state index in [0.29, 0.717) is 6.54 Å². The minimum Gasteiger partial charge on any atom is -0.329 e. The fraction of sp³-hybridized carbons (Fsp3) is 0.636. The number of thiophene rings is 1. The fourth-order valence-corrected chi connectivity index (χ4v) is 3.87. The number of sulfonamides is 1. The molecule has 0 aliphatic carbocycles. The zero-order valence-corrected chi connectivity index (χ0v) is 12.1. The molecule has 98 valence electrons. The summed E-state index contributed by atoms with van der Waals surface area (Å²) in [7, 11) is -3.31. The van der Waals surface area contributed by atoms with Gasteiger partial charge in [-0.15, -0.1) is 11.3 Å². The van der Waals surface area contributed by atoms with E-state index in [9.17, 15) is 8.42 Å². The van der Waals surface area contributed by atoms with Crippen LogP contribution in [0.2, 0.25) is 0 Å². The van der Waals surface area contributed by atoms with Crippen molar-refractivity contribution in [1.82, 2.24) is 4.31 Å². The lowest BCUT2D eigenvalue weighted by Gasteiger charge is -2.28. The number of nitrogens with two attached hydrogens (primary N) is 1. The van der Waals surface area contributed by atoms with E-state index in [1.807, 2.05) is 31.4 Å². The topological polar surface area (TPSA) is 63.4 Å². The molecule has 1 aromatic heterocycles. The lowest BCUT2D eigenvalue weighted by Crippen LogP contribution is -2.43. The largest absolute Gasteiger partial charge is 0.329 e. The Labute approximate surface area is 107 Å². The Bertz CT molecular complexity index is 426. The van der Waals surface area contributed by atoms with Crippen LogP contribution in [0.15, 0.2) is 17.5 Å². The van der Waals surface area contributed by atoms with Gasteiger partial charge in [0.2, 0.25) is 10.0 Å². The van der Waals surface area contributed by atoms with Gasteiger partial charge >= 0.3 is 0 Å². The van der Waals surface area contributed by atoms with Gasteiger partial charge in [0, 0.05) is 24.0 Å². The number of rotatable bonds is 6. The van der Waals surface area contributed by atoms with Gasteiger partial charge in [0.15, 0.2) is 0 Å². The van der Waals surface area contributed by atoms with Gasteiger partial charge in [-0.05, 0) is 32.2 Å². The Morgan fingerprint density at radius 3 is 2.47 bits per heavy atom. The van der Waals surface area contributed by atoms with Crippen molar-refractivity contribution in [2.75, 3.05) is 6.54 Å². The maximum Gasteiger partial charge on any atom is 0.218 e. The summed E-state index contributed by atoms with van der Waals surface area (Å²) in [4.78, 5) is 1.05. The van der Waals surface area contributed by atoms with Crippen LogP contribution < -0.4 is 5.73 Å². The Kier molecular flexibility index (Phi) is 5.12. The third kappa shape index (κ3) is 3.51. The fourth-order valence-electron chi connectivity index (χ4n) is 1.48. The second kappa shape index (κ2) is 5.95. The Morgan fingerprint density at radius 1 is 1.41 bits per heavy atom. The second-order valence-corrected chi connectivity index (χ2v) is 7.65. The molecule has 0 spiro atoms. The van der Waals surface area contributed by atoms with E-state index < -0.39 is 15.3 Å². The molecule has 1 heterocycles. The Hall–Kier alpha value is -0.430. The van der Waals surface area contributed by atoms with Crippen LogP contribution in [0.25, 0.3) is 0 Å². The molecule has 4 nitrogen and oxygen atoms in total. The van der Waals surface area contributed by atoms with E-state index in [1.165, 1.54) is 4.31 Å². The average molecular weight is 276 g/mol. The third-order valence-corrected chi connectivity index (χ3v) is 5.91. The van der Waals surface area contributed by atoms with Crippen molar-refractivity contribution in [2.24, 2.45) is 5.73 Å². The molecule has 0 aliphatic heterocycles. The quantitative estimate of drug-likeness (QED) is 0.859. The maximum absolute atomic E-state index is 12.3. The predicted octanol–water partition coefficient (Wildman–Crippen LogP) is 1.64. The highest BCUT2D eigenvalue weighted by atomic mass is 32.2. The van der Waals surface area contributed by atoms with Crippen LogP contribution in [0.5, 0.6) is 0 Å². The maximum atomic E-state index is 12.3. The van der Waals surface area contributed by atoms with E-state index in [1.54, 1.807) is 18.3 Å². The zero-order valence-electron chi connectivity index (χ0n) is 10.5. The first-order chi connectivity index (χ1) is 7.89. The normalized spacial score (nSPS) is 14.5. The van der Waals surface area contributed by atoms with E-state index in [2.05, 4.69) is 0 Å². The van der Waals surface area contributed by atoms with Crippen molar-refractivity contribution in [1.29, 1.82) is 0 Å². The molecule has 0 radical (unpaired) electrons. The second-order valence-electron chi connectivity index (χ2n) is 4.31. The predicted molar refractivity (Wildman–Crippen MR) is 72.4 cm³/mol. The summed E-state index contributed by atoms with van der Waals surface area (Å²) in [6.45, 7) is 6.00. The molecule has 17 heavy (non-hydrogen) atoms. The summed E-state index contributed by atoms with van der Waals surface area (Å²) >= 11 is 1.57. The summed E-state index contributed by atoms with van der Waals surface area (Å²) in [5.74, 6) is 0. The molecule has 0 saturated carbocycles. The molecule has 2 N–H and O–H groups in total. The molecule has 1 atom stereocenters. The van der Waals surface area contributed by atoms with Crippen LogP contribution in [-0.2, 0) is 16.6 Å². The van der Waals surface area contributed by atoms with Crippen molar-refractivity contribution in [3.05, 3.63) is 22.4 Å². The molecule has 1 aromatic rings. The zero-order chi connectivity index (χ0) is 13.1. The average Bonchev–Trinajstić information content (AvgIpc) is 2.76. The van der Waals surface area contributed by atoms with Crippen LogP contribution in [0.4, 0.5) is 0 Å². The summed E-state index contributed by atoms with van der Waals surface area (Å²) in [6, 6.07) is 3.82. The van der Waals surface area contributed by atoms with Crippen molar-refractivity contribution >= 4 is 21.4 Å². The lowest BCUT2D eigenvalue weighted by molar-refractivity contribution is 0.346. The molecule has 0 saturated heterocycles. The SMILES string of the molecule is CC(C)N(Cc1cccs1)S(=O)(=O)C(C)CN. The first-order valence-corrected chi connectivity index (χ1v) is 8.01. The van der Waals surface area contributed by atoms with Crippen molar-refractivity contribution in [2.45, 2.75) is 38.6 Å². The first-order valence-electron chi connectivity index (χ1n) is 5.62. The monoisotopic (exact) mass is 276 g/mol. The highest BCUT2D eigenvalue weighted by Crippen LogP contribution is 2.19. The molecule has 1 rings (SSSR count). The van der Waals surface area contributed by atoms with Crippen molar-refractivity contribution < 1.29 is 8.42 Å². The van der Waals surface area contributed by atoms with Gasteiger partial charge in [-0.2, -0.15) is 4.31 Å². The van der Waals surface area contributed by atoms with Crippen LogP contribution in [0.3, 0.4) is 0 Å². The van der Waals surface area contributed by atoms with Crippen LogP contribution >= 0.6 is 11.3 Å². The number of hydrogen-bond acceptors (Lipinski definition) is 4. The molecular weight excluding hydrogens is 256 g/mol. The van der Waals surface area contributed by atoms with E-state index in [-0.39, 0.29) is 12.6 Å². The first kappa shape index (κ1) is 14.6. The molecule has 6 heteroatoms. The summed E-state index contributed by atoms with van der Waals surface area (Å²) in [5, 5.41) is 1.41. The molecule has 0 bridgehead atoms. The van der Waals surface area contributed by atoms with E-state index in [0.717, 1.165) is 4.88 Å². The van der Waals surface area contributed by atoms with Gasteiger partial charge in [-0.25, -0.2) is 8.42 Å². The Balaban J connectivity index is 2.94. The van der Waals surface area contributed by atoms with Gasteiger partial charge in [0.1, 0.15) is 0 Å². The van der Waals surface area contributed by atoms with E-state index in [4.69, 9.17) is 5.73 Å². The molecule has 0 aromatic carbocycles. The molecular formula is C11H20N2O2S2. The van der Waals surface area contributed by atoms with Crippen LogP contribution in [-0.4, -0.2) is 30.6 Å². The van der Waals surface area contributed by atoms with Crippen LogP contribution in [0.1, 0.15) is 25.6 Å². The van der Waals surface area contributed by atoms with Crippen molar-refractivity contribution in [3.63, 3.8) is 0 Å². The molecule has 0 fully saturated rings. The highest BCUT2D eigenvalue weighted by molar-refractivity contribution is 7.89. The highest BCUT2D eigenvalue weighted by Gasteiger charge is 2.30. The number of hydrogen-bond donors (Lipinski definition) is 1. The molecule has 0 aliphatic rings.